The van der Waals surface area contributed by atoms with Crippen molar-refractivity contribution in [3.05, 3.63) is 53.0 Å². The van der Waals surface area contributed by atoms with Gasteiger partial charge in [0.05, 0.1) is 4.90 Å². The van der Waals surface area contributed by atoms with Gasteiger partial charge in [-0.2, -0.15) is 4.31 Å². The average Bonchev–Trinajstić information content (AvgIpc) is 3.25. The fraction of sp³-hybridized carbons (Fsp3) is 0.300. The number of rotatable bonds is 10. The SMILES string of the molecule is CCN(CC)S(=O)(=O)c1ccc(Nc2ncnc(NCCc3cccs3)c2N)cc1. The summed E-state index contributed by atoms with van der Waals surface area (Å²) in [6.45, 7) is 5.21. The van der Waals surface area contributed by atoms with Crippen molar-refractivity contribution in [1.82, 2.24) is 14.3 Å². The quantitative estimate of drug-likeness (QED) is 0.436. The van der Waals surface area contributed by atoms with Crippen LogP contribution in [0.5, 0.6) is 0 Å². The summed E-state index contributed by atoms with van der Waals surface area (Å²) in [5, 5.41) is 8.42. The smallest absolute Gasteiger partial charge is 0.243 e. The Bertz CT molecular complexity index is 1050. The molecular formula is C20H26N6O2S2. The third-order valence-electron chi connectivity index (χ3n) is 4.59. The number of benzene rings is 1. The van der Waals surface area contributed by atoms with E-state index in [-0.39, 0.29) is 4.90 Å². The highest BCUT2D eigenvalue weighted by atomic mass is 32.2. The predicted molar refractivity (Wildman–Crippen MR) is 123 cm³/mol. The van der Waals surface area contributed by atoms with Gasteiger partial charge in [0.15, 0.2) is 11.6 Å². The summed E-state index contributed by atoms with van der Waals surface area (Å²) in [5.74, 6) is 1.02. The number of nitrogens with two attached hydrogens (primary N) is 1. The maximum atomic E-state index is 12.6. The molecule has 0 bridgehead atoms. The first kappa shape index (κ1) is 22.0. The Labute approximate surface area is 181 Å². The van der Waals surface area contributed by atoms with Gasteiger partial charge in [-0.3, -0.25) is 0 Å². The van der Waals surface area contributed by atoms with Gasteiger partial charge in [-0.05, 0) is 42.1 Å². The molecule has 0 fully saturated rings. The maximum Gasteiger partial charge on any atom is 0.243 e. The number of aromatic nitrogens is 2. The highest BCUT2D eigenvalue weighted by Crippen LogP contribution is 2.27. The standard InChI is InChI=1S/C20H26N6O2S2/c1-3-26(4-2)30(27,28)17-9-7-15(8-10-17)25-20-18(21)19(23-14-24-20)22-12-11-16-6-5-13-29-16/h5-10,13-14H,3-4,11-12,21H2,1-2H3,(H2,22,23,24,25). The lowest BCUT2D eigenvalue weighted by atomic mass is 10.3. The van der Waals surface area contributed by atoms with Crippen LogP contribution in [0.15, 0.2) is 53.0 Å². The first-order valence-corrected chi connectivity index (χ1v) is 12.0. The van der Waals surface area contributed by atoms with Crippen molar-refractivity contribution >= 4 is 44.4 Å². The number of hydrogen-bond acceptors (Lipinski definition) is 8. The zero-order valence-electron chi connectivity index (χ0n) is 17.0. The van der Waals surface area contributed by atoms with E-state index in [0.717, 1.165) is 6.42 Å². The number of nitrogens with zero attached hydrogens (tertiary/aromatic N) is 3. The molecule has 0 amide bonds. The summed E-state index contributed by atoms with van der Waals surface area (Å²) in [4.78, 5) is 9.96. The van der Waals surface area contributed by atoms with E-state index >= 15 is 0 Å². The number of nitrogens with one attached hydrogen (secondary N) is 2. The van der Waals surface area contributed by atoms with Crippen molar-refractivity contribution in [2.75, 3.05) is 36.0 Å². The Balaban J connectivity index is 1.69. The van der Waals surface area contributed by atoms with Crippen molar-refractivity contribution in [3.63, 3.8) is 0 Å². The van der Waals surface area contributed by atoms with E-state index in [4.69, 9.17) is 5.73 Å². The summed E-state index contributed by atoms with van der Waals surface area (Å²) < 4.78 is 26.6. The van der Waals surface area contributed by atoms with Crippen LogP contribution in [0.2, 0.25) is 0 Å². The topological polar surface area (TPSA) is 113 Å². The molecule has 3 rings (SSSR count). The number of thiophene rings is 1. The van der Waals surface area contributed by atoms with Gasteiger partial charge in [-0.1, -0.05) is 19.9 Å². The lowest BCUT2D eigenvalue weighted by Gasteiger charge is -2.18. The molecule has 0 saturated heterocycles. The zero-order valence-corrected chi connectivity index (χ0v) is 18.6. The minimum atomic E-state index is -3.49. The molecule has 0 saturated carbocycles. The van der Waals surface area contributed by atoms with Crippen LogP contribution in [-0.4, -0.2) is 42.3 Å². The van der Waals surface area contributed by atoms with Crippen molar-refractivity contribution in [1.29, 1.82) is 0 Å². The van der Waals surface area contributed by atoms with Crippen LogP contribution in [0.1, 0.15) is 18.7 Å². The Morgan fingerprint density at radius 1 is 1.07 bits per heavy atom. The van der Waals surface area contributed by atoms with Crippen LogP contribution in [-0.2, 0) is 16.4 Å². The van der Waals surface area contributed by atoms with Crippen molar-refractivity contribution in [3.8, 4) is 0 Å². The van der Waals surface area contributed by atoms with Gasteiger partial charge in [0.1, 0.15) is 12.0 Å². The molecule has 0 unspecified atom stereocenters. The lowest BCUT2D eigenvalue weighted by molar-refractivity contribution is 0.445. The second-order valence-corrected chi connectivity index (χ2v) is 9.45. The molecular weight excluding hydrogens is 420 g/mol. The fourth-order valence-electron chi connectivity index (χ4n) is 2.95. The fourth-order valence-corrected chi connectivity index (χ4v) is 5.12. The van der Waals surface area contributed by atoms with Gasteiger partial charge in [-0.25, -0.2) is 18.4 Å². The average molecular weight is 447 g/mol. The molecule has 3 aromatic rings. The monoisotopic (exact) mass is 446 g/mol. The van der Waals surface area contributed by atoms with Crippen LogP contribution in [0.4, 0.5) is 23.0 Å². The summed E-state index contributed by atoms with van der Waals surface area (Å²) in [7, 11) is -3.49. The third kappa shape index (κ3) is 5.07. The maximum absolute atomic E-state index is 12.6. The Morgan fingerprint density at radius 3 is 2.40 bits per heavy atom. The van der Waals surface area contributed by atoms with E-state index in [2.05, 4.69) is 32.0 Å². The molecule has 0 radical (unpaired) electrons. The predicted octanol–water partition coefficient (Wildman–Crippen LogP) is 3.55. The second kappa shape index (κ2) is 9.88. The van der Waals surface area contributed by atoms with Crippen LogP contribution in [0.25, 0.3) is 0 Å². The highest BCUT2D eigenvalue weighted by molar-refractivity contribution is 7.89. The minimum absolute atomic E-state index is 0.253. The van der Waals surface area contributed by atoms with Gasteiger partial charge < -0.3 is 16.4 Å². The molecule has 10 heteroatoms. The van der Waals surface area contributed by atoms with Gasteiger partial charge in [0.2, 0.25) is 10.0 Å². The van der Waals surface area contributed by atoms with Crippen molar-refractivity contribution < 1.29 is 8.42 Å². The number of hydrogen-bond donors (Lipinski definition) is 3. The molecule has 0 atom stereocenters. The number of sulfonamides is 1. The Hall–Kier alpha value is -2.69. The molecule has 2 heterocycles. The molecule has 2 aromatic heterocycles. The minimum Gasteiger partial charge on any atom is -0.393 e. The number of nitrogen functional groups attached to an aromatic ring is 1. The van der Waals surface area contributed by atoms with E-state index in [1.807, 2.05) is 19.9 Å². The van der Waals surface area contributed by atoms with E-state index in [0.29, 0.717) is 42.6 Å². The molecule has 0 aliphatic carbocycles. The van der Waals surface area contributed by atoms with E-state index in [1.54, 1.807) is 35.6 Å². The van der Waals surface area contributed by atoms with E-state index in [9.17, 15) is 8.42 Å². The number of anilines is 4. The second-order valence-electron chi connectivity index (χ2n) is 6.48. The molecule has 0 aliphatic heterocycles. The molecule has 8 nitrogen and oxygen atoms in total. The normalized spacial score (nSPS) is 11.6. The molecule has 160 valence electrons. The summed E-state index contributed by atoms with van der Waals surface area (Å²) in [6.07, 6.45) is 2.32. The largest absolute Gasteiger partial charge is 0.393 e. The van der Waals surface area contributed by atoms with Crippen molar-refractivity contribution in [2.24, 2.45) is 0 Å². The first-order chi connectivity index (χ1) is 14.5. The van der Waals surface area contributed by atoms with Crippen LogP contribution < -0.4 is 16.4 Å². The van der Waals surface area contributed by atoms with Gasteiger partial charge in [0, 0.05) is 30.2 Å². The Kier molecular flexibility index (Phi) is 7.24. The molecule has 0 spiro atoms. The Morgan fingerprint density at radius 2 is 1.77 bits per heavy atom. The van der Waals surface area contributed by atoms with Gasteiger partial charge >= 0.3 is 0 Å². The van der Waals surface area contributed by atoms with Gasteiger partial charge in [0.25, 0.3) is 0 Å². The molecule has 1 aromatic carbocycles. The van der Waals surface area contributed by atoms with Gasteiger partial charge in [-0.15, -0.1) is 11.3 Å². The molecule has 30 heavy (non-hydrogen) atoms. The van der Waals surface area contributed by atoms with E-state index in [1.165, 1.54) is 15.5 Å². The summed E-state index contributed by atoms with van der Waals surface area (Å²) in [5.41, 5.74) is 7.31. The highest BCUT2D eigenvalue weighted by Gasteiger charge is 2.21. The van der Waals surface area contributed by atoms with Crippen LogP contribution in [0, 0.1) is 0 Å². The summed E-state index contributed by atoms with van der Waals surface area (Å²) in [6, 6.07) is 10.7. The molecule has 4 N–H and O–H groups in total. The lowest BCUT2D eigenvalue weighted by Crippen LogP contribution is -2.30. The van der Waals surface area contributed by atoms with Crippen LogP contribution >= 0.6 is 11.3 Å². The summed E-state index contributed by atoms with van der Waals surface area (Å²) >= 11 is 1.71. The third-order valence-corrected chi connectivity index (χ3v) is 7.59. The van der Waals surface area contributed by atoms with E-state index < -0.39 is 10.0 Å². The zero-order chi connectivity index (χ0) is 21.6. The first-order valence-electron chi connectivity index (χ1n) is 9.69. The molecule has 0 aliphatic rings. The van der Waals surface area contributed by atoms with Crippen molar-refractivity contribution in [2.45, 2.75) is 25.2 Å². The van der Waals surface area contributed by atoms with Crippen LogP contribution in [0.3, 0.4) is 0 Å².